The average Bonchev–Trinajstić information content (AvgIpc) is 3.38. The van der Waals surface area contributed by atoms with Crippen LogP contribution in [0.15, 0.2) is 60.0 Å². The van der Waals surface area contributed by atoms with Gasteiger partial charge in [-0.05, 0) is 19.0 Å². The van der Waals surface area contributed by atoms with Crippen molar-refractivity contribution < 1.29 is 14.3 Å². The van der Waals surface area contributed by atoms with E-state index in [1.807, 2.05) is 66.9 Å². The molecule has 1 N–H and O–H groups in total. The first-order valence-corrected chi connectivity index (χ1v) is 13.1. The lowest BCUT2D eigenvalue weighted by atomic mass is 9.95. The van der Waals surface area contributed by atoms with Gasteiger partial charge in [-0.15, -0.1) is 11.3 Å². The number of thiazole rings is 1. The molecule has 5 rings (SSSR count). The standard InChI is InChI=1S/C28H28N4O3S/c1-3-24(26(33)31-28-30-23(17-36-28)18-10-6-5-7-11-18)35-27(34)25-19-12-8-9-13-21(19)29-22-14-15-32(4-2)16-20(22)25/h5-13,17,24H,3-4,14-16H2,1-2H3,(H,30,31,33). The SMILES string of the molecule is CCC(OC(=O)c1c2c(nc3ccccc13)CCN(CC)C2)C(=O)Nc1nc(-c2ccccc2)cs1. The van der Waals surface area contributed by atoms with Crippen molar-refractivity contribution >= 4 is 39.2 Å². The van der Waals surface area contributed by atoms with Crippen molar-refractivity contribution in [2.24, 2.45) is 0 Å². The summed E-state index contributed by atoms with van der Waals surface area (Å²) in [5.41, 5.74) is 4.87. The number of pyridine rings is 1. The third-order valence-corrected chi connectivity index (χ3v) is 7.25. The Morgan fingerprint density at radius 2 is 1.86 bits per heavy atom. The Hall–Kier alpha value is -3.62. The molecule has 0 spiro atoms. The highest BCUT2D eigenvalue weighted by Gasteiger charge is 2.29. The number of nitrogens with zero attached hydrogens (tertiary/aromatic N) is 3. The molecule has 8 heteroatoms. The maximum absolute atomic E-state index is 13.6. The van der Waals surface area contributed by atoms with Crippen molar-refractivity contribution in [3.8, 4) is 11.3 Å². The molecule has 0 fully saturated rings. The number of carbonyl (C=O) groups is 2. The summed E-state index contributed by atoms with van der Waals surface area (Å²) >= 11 is 1.34. The van der Waals surface area contributed by atoms with Crippen molar-refractivity contribution in [1.82, 2.24) is 14.9 Å². The monoisotopic (exact) mass is 500 g/mol. The number of aromatic nitrogens is 2. The number of ether oxygens (including phenoxy) is 1. The second kappa shape index (κ2) is 10.6. The van der Waals surface area contributed by atoms with E-state index in [-0.39, 0.29) is 5.91 Å². The van der Waals surface area contributed by atoms with Crippen LogP contribution in [0.3, 0.4) is 0 Å². The summed E-state index contributed by atoms with van der Waals surface area (Å²) in [6.07, 6.45) is 0.190. The van der Waals surface area contributed by atoms with E-state index in [0.717, 1.165) is 52.9 Å². The Morgan fingerprint density at radius 1 is 1.08 bits per heavy atom. The number of carbonyl (C=O) groups excluding carboxylic acids is 2. The zero-order valence-electron chi connectivity index (χ0n) is 20.4. The fraction of sp³-hybridized carbons (Fsp3) is 0.286. The van der Waals surface area contributed by atoms with Crippen LogP contribution in [0.2, 0.25) is 0 Å². The van der Waals surface area contributed by atoms with Gasteiger partial charge in [-0.1, -0.05) is 62.4 Å². The largest absolute Gasteiger partial charge is 0.449 e. The number of amides is 1. The van der Waals surface area contributed by atoms with Crippen LogP contribution in [0.25, 0.3) is 22.2 Å². The molecule has 0 saturated heterocycles. The van der Waals surface area contributed by atoms with Crippen LogP contribution in [0.4, 0.5) is 5.13 Å². The molecule has 0 aliphatic carbocycles. The number of esters is 1. The van der Waals surface area contributed by atoms with Crippen LogP contribution < -0.4 is 5.32 Å². The fourth-order valence-electron chi connectivity index (χ4n) is 4.52. The number of nitrogens with one attached hydrogen (secondary N) is 1. The van der Waals surface area contributed by atoms with E-state index >= 15 is 0 Å². The lowest BCUT2D eigenvalue weighted by Crippen LogP contribution is -2.35. The molecule has 2 aromatic heterocycles. The molecule has 0 saturated carbocycles. The van der Waals surface area contributed by atoms with Crippen molar-refractivity contribution in [1.29, 1.82) is 0 Å². The number of fused-ring (bicyclic) bond motifs is 2. The molecule has 1 aliphatic heterocycles. The summed E-state index contributed by atoms with van der Waals surface area (Å²) in [5.74, 6) is -0.879. The molecule has 1 atom stereocenters. The fourth-order valence-corrected chi connectivity index (χ4v) is 5.24. The molecule has 3 heterocycles. The van der Waals surface area contributed by atoms with E-state index in [4.69, 9.17) is 9.72 Å². The summed E-state index contributed by atoms with van der Waals surface area (Å²) in [6.45, 7) is 6.37. The lowest BCUT2D eigenvalue weighted by molar-refractivity contribution is -0.124. The minimum Gasteiger partial charge on any atom is -0.449 e. The van der Waals surface area contributed by atoms with E-state index in [2.05, 4.69) is 22.1 Å². The van der Waals surface area contributed by atoms with Crippen LogP contribution in [-0.4, -0.2) is 45.9 Å². The number of hydrogen-bond acceptors (Lipinski definition) is 7. The number of rotatable bonds is 7. The number of hydrogen-bond donors (Lipinski definition) is 1. The minimum absolute atomic E-state index is 0.348. The van der Waals surface area contributed by atoms with E-state index in [1.165, 1.54) is 11.3 Å². The lowest BCUT2D eigenvalue weighted by Gasteiger charge is -2.29. The molecular weight excluding hydrogens is 472 g/mol. The smallest absolute Gasteiger partial charge is 0.340 e. The molecule has 0 radical (unpaired) electrons. The summed E-state index contributed by atoms with van der Waals surface area (Å²) in [6, 6.07) is 17.4. The predicted molar refractivity (Wildman–Crippen MR) is 142 cm³/mol. The second-order valence-corrected chi connectivity index (χ2v) is 9.60. The quantitative estimate of drug-likeness (QED) is 0.346. The van der Waals surface area contributed by atoms with Crippen molar-refractivity contribution in [2.75, 3.05) is 18.4 Å². The van der Waals surface area contributed by atoms with Crippen LogP contribution in [0, 0.1) is 0 Å². The van der Waals surface area contributed by atoms with Gasteiger partial charge < -0.3 is 4.74 Å². The molecule has 1 aliphatic rings. The Kier molecular flexibility index (Phi) is 7.06. The van der Waals surface area contributed by atoms with Crippen LogP contribution >= 0.6 is 11.3 Å². The van der Waals surface area contributed by atoms with Crippen LogP contribution in [0.1, 0.15) is 41.9 Å². The predicted octanol–water partition coefficient (Wildman–Crippen LogP) is 5.31. The van der Waals surface area contributed by atoms with E-state index in [0.29, 0.717) is 23.7 Å². The third kappa shape index (κ3) is 4.87. The maximum atomic E-state index is 13.6. The molecule has 2 aromatic carbocycles. The zero-order chi connectivity index (χ0) is 25.1. The first-order chi connectivity index (χ1) is 17.6. The second-order valence-electron chi connectivity index (χ2n) is 8.74. The van der Waals surface area contributed by atoms with Gasteiger partial charge in [-0.25, -0.2) is 9.78 Å². The van der Waals surface area contributed by atoms with E-state index in [1.54, 1.807) is 0 Å². The van der Waals surface area contributed by atoms with Crippen molar-refractivity contribution in [3.63, 3.8) is 0 Å². The number of anilines is 1. The van der Waals surface area contributed by atoms with Gasteiger partial charge in [-0.2, -0.15) is 0 Å². The number of para-hydroxylation sites is 1. The van der Waals surface area contributed by atoms with Gasteiger partial charge in [0.25, 0.3) is 5.91 Å². The minimum atomic E-state index is -0.935. The highest BCUT2D eigenvalue weighted by atomic mass is 32.1. The highest BCUT2D eigenvalue weighted by molar-refractivity contribution is 7.14. The molecule has 4 aromatic rings. The average molecular weight is 501 g/mol. The third-order valence-electron chi connectivity index (χ3n) is 6.49. The first kappa shape index (κ1) is 24.1. The molecule has 0 bridgehead atoms. The van der Waals surface area contributed by atoms with Gasteiger partial charge in [0.2, 0.25) is 0 Å². The van der Waals surface area contributed by atoms with E-state index in [9.17, 15) is 9.59 Å². The molecule has 7 nitrogen and oxygen atoms in total. The van der Waals surface area contributed by atoms with Crippen LogP contribution in [0.5, 0.6) is 0 Å². The Balaban J connectivity index is 1.38. The Labute approximate surface area is 214 Å². The first-order valence-electron chi connectivity index (χ1n) is 12.2. The number of likely N-dealkylation sites (N-methyl/N-ethyl adjacent to an activating group) is 1. The summed E-state index contributed by atoms with van der Waals surface area (Å²) < 4.78 is 5.83. The molecule has 1 amide bonds. The summed E-state index contributed by atoms with van der Waals surface area (Å²) in [4.78, 5) is 38.3. The van der Waals surface area contributed by atoms with Gasteiger partial charge in [-0.3, -0.25) is 20.0 Å². The highest BCUT2D eigenvalue weighted by Crippen LogP contribution is 2.30. The van der Waals surface area contributed by atoms with E-state index < -0.39 is 12.1 Å². The summed E-state index contributed by atoms with van der Waals surface area (Å²) in [7, 11) is 0. The van der Waals surface area contributed by atoms with Crippen LogP contribution in [-0.2, 0) is 22.5 Å². The Morgan fingerprint density at radius 3 is 2.64 bits per heavy atom. The topological polar surface area (TPSA) is 84.4 Å². The molecular formula is C28H28N4O3S. The molecule has 1 unspecified atom stereocenters. The zero-order valence-corrected chi connectivity index (χ0v) is 21.2. The van der Waals surface area contributed by atoms with Gasteiger partial charge in [0, 0.05) is 47.1 Å². The van der Waals surface area contributed by atoms with Gasteiger partial charge in [0.15, 0.2) is 11.2 Å². The number of benzene rings is 2. The Bertz CT molecular complexity index is 1400. The maximum Gasteiger partial charge on any atom is 0.340 e. The van der Waals surface area contributed by atoms with Gasteiger partial charge in [0.05, 0.1) is 16.8 Å². The van der Waals surface area contributed by atoms with Crippen molar-refractivity contribution in [3.05, 3.63) is 76.8 Å². The molecule has 36 heavy (non-hydrogen) atoms. The van der Waals surface area contributed by atoms with Crippen molar-refractivity contribution in [2.45, 2.75) is 39.3 Å². The van der Waals surface area contributed by atoms with Gasteiger partial charge >= 0.3 is 5.97 Å². The molecule has 184 valence electrons. The summed E-state index contributed by atoms with van der Waals surface area (Å²) in [5, 5.41) is 5.94. The normalized spacial score (nSPS) is 14.3. The van der Waals surface area contributed by atoms with Gasteiger partial charge in [0.1, 0.15) is 0 Å².